The second kappa shape index (κ2) is 38.0. The number of hydrogen-bond acceptors (Lipinski definition) is 0. The van der Waals surface area contributed by atoms with Gasteiger partial charge < -0.3 is 20.4 Å². The number of rotatable bonds is 0. The van der Waals surface area contributed by atoms with Gasteiger partial charge in [0.15, 0.2) is 0 Å². The molecule has 158 valence electrons. The van der Waals surface area contributed by atoms with Crippen LogP contribution < -0.4 is 9.41 Å². The summed E-state index contributed by atoms with van der Waals surface area (Å²) < 4.78 is 0. The summed E-state index contributed by atoms with van der Waals surface area (Å²) in [6.07, 6.45) is 0. The Balaban J connectivity index is -0.0000000600. The van der Waals surface area contributed by atoms with E-state index in [-0.39, 0.29) is 69.2 Å². The van der Waals surface area contributed by atoms with Gasteiger partial charge in [-0.3, -0.25) is 0 Å². The minimum Gasteiger partial charge on any atom is -1.00 e. The third-order valence-corrected chi connectivity index (χ3v) is 2.43. The van der Waals surface area contributed by atoms with Gasteiger partial charge in [0.25, 0.3) is 0 Å². The summed E-state index contributed by atoms with van der Waals surface area (Å²) >= 11 is 0. The molecule has 6 heteroatoms. The Morgan fingerprint density at radius 1 is 0.267 bits per heavy atom. The summed E-state index contributed by atoms with van der Waals surface area (Å²) in [6, 6.07) is 50.0. The molecule has 0 unspecified atom stereocenters. The molecule has 4 N–H and O–H groups in total. The second-order valence-corrected chi connectivity index (χ2v) is 4.31. The van der Waals surface area contributed by atoms with Gasteiger partial charge in [-0.1, -0.05) is 121 Å². The Kier molecular flexibility index (Phi) is 53.7. The standard InChI is InChI=1S/4C6H5.2FH.2H2O.2Sb/c4*1-2-4-6-5-3-1;;;;;;/h4*1-5H;2*1H;2*1H2;;/p-2. The van der Waals surface area contributed by atoms with Crippen molar-refractivity contribution in [2.24, 2.45) is 0 Å². The molecule has 4 rings (SSSR count). The number of benzene rings is 4. The van der Waals surface area contributed by atoms with Crippen molar-refractivity contribution in [3.8, 4) is 0 Å². The maximum absolute atomic E-state index is 2.89. The maximum Gasteiger partial charge on any atom is 0 e. The average molecular weight is 626 g/mol. The summed E-state index contributed by atoms with van der Waals surface area (Å²) in [4.78, 5) is 0. The van der Waals surface area contributed by atoms with Crippen LogP contribution in [-0.4, -0.2) is 59.8 Å². The molecule has 0 amide bonds. The van der Waals surface area contributed by atoms with Gasteiger partial charge in [0.2, 0.25) is 0 Å². The van der Waals surface area contributed by atoms with Crippen LogP contribution in [0.5, 0.6) is 0 Å². The number of halogens is 2. The predicted octanol–water partition coefficient (Wildman–Crippen LogP) is -2.46. The third kappa shape index (κ3) is 33.8. The monoisotopic (exact) mass is 624 g/mol. The topological polar surface area (TPSA) is 63.0 Å². The summed E-state index contributed by atoms with van der Waals surface area (Å²) in [7, 11) is 0. The van der Waals surface area contributed by atoms with E-state index in [0.29, 0.717) is 0 Å². The summed E-state index contributed by atoms with van der Waals surface area (Å²) in [5.41, 5.74) is 0. The van der Waals surface area contributed by atoms with Crippen LogP contribution in [0.2, 0.25) is 0 Å². The minimum atomic E-state index is 0. The minimum absolute atomic E-state index is 0. The van der Waals surface area contributed by atoms with Crippen molar-refractivity contribution in [1.29, 1.82) is 0 Å². The molecule has 0 saturated heterocycles. The van der Waals surface area contributed by atoms with Gasteiger partial charge in [0.1, 0.15) is 0 Å². The largest absolute Gasteiger partial charge is 1.00 e. The fourth-order valence-corrected chi connectivity index (χ4v) is 1.37. The third-order valence-electron chi connectivity index (χ3n) is 2.43. The zero-order valence-electron chi connectivity index (χ0n) is 16.2. The van der Waals surface area contributed by atoms with Crippen LogP contribution in [0.1, 0.15) is 0 Å². The Bertz CT molecular complexity index is 445. The predicted molar refractivity (Wildman–Crippen MR) is 120 cm³/mol. The molecule has 0 aliphatic carbocycles. The van der Waals surface area contributed by atoms with E-state index in [1.54, 1.807) is 0 Å². The van der Waals surface area contributed by atoms with E-state index < -0.39 is 0 Å². The van der Waals surface area contributed by atoms with Crippen molar-refractivity contribution in [3.05, 3.63) is 146 Å². The van der Waals surface area contributed by atoms with E-state index in [1.807, 2.05) is 121 Å². The second-order valence-electron chi connectivity index (χ2n) is 4.31. The number of hydrogen-bond donors (Lipinski definition) is 0. The van der Waals surface area contributed by atoms with Crippen molar-refractivity contribution in [2.75, 3.05) is 0 Å². The molecule has 0 spiro atoms. The molecule has 0 heterocycles. The summed E-state index contributed by atoms with van der Waals surface area (Å²) in [5.74, 6) is 0. The Morgan fingerprint density at radius 3 is 0.433 bits per heavy atom. The van der Waals surface area contributed by atoms with Gasteiger partial charge in [-0.05, 0) is 24.3 Å². The molecule has 4 aromatic rings. The normalized spacial score (nSPS) is 6.40. The van der Waals surface area contributed by atoms with E-state index in [4.69, 9.17) is 0 Å². The fourth-order valence-electron chi connectivity index (χ4n) is 1.37. The Labute approximate surface area is 213 Å². The van der Waals surface area contributed by atoms with E-state index >= 15 is 0 Å². The Morgan fingerprint density at radius 2 is 0.400 bits per heavy atom. The molecule has 4 aromatic carbocycles. The van der Waals surface area contributed by atoms with E-state index in [9.17, 15) is 0 Å². The van der Waals surface area contributed by atoms with E-state index in [2.05, 4.69) is 24.3 Å². The van der Waals surface area contributed by atoms with Crippen molar-refractivity contribution in [1.82, 2.24) is 0 Å². The van der Waals surface area contributed by atoms with Crippen LogP contribution >= 0.6 is 0 Å². The molecule has 10 radical (unpaired) electrons. The van der Waals surface area contributed by atoms with E-state index in [1.165, 1.54) is 0 Å². The first kappa shape index (κ1) is 42.4. The smallest absolute Gasteiger partial charge is 0 e. The maximum atomic E-state index is 2.89. The van der Waals surface area contributed by atoms with Gasteiger partial charge in [0, 0.05) is 48.9 Å². The molecule has 0 saturated carbocycles. The Hall–Kier alpha value is -1.70. The van der Waals surface area contributed by atoms with Gasteiger partial charge in [-0.25, -0.2) is 0 Å². The molecule has 0 aliphatic heterocycles. The van der Waals surface area contributed by atoms with Gasteiger partial charge in [-0.15, -0.1) is 0 Å². The molecule has 2 nitrogen and oxygen atoms in total. The SMILES string of the molecule is O.O.[F-].[F-].[Sb].[Sb].[c]1ccccc1.[c]1ccccc1.[c]1ccccc1.[c]1ccccc1. The summed E-state index contributed by atoms with van der Waals surface area (Å²) in [6.45, 7) is 0. The van der Waals surface area contributed by atoms with Crippen LogP contribution in [-0.2, 0) is 0 Å². The molecule has 0 aliphatic rings. The molecular weight excluding hydrogens is 602 g/mol. The zero-order chi connectivity index (χ0) is 17.0. The first-order valence-corrected chi connectivity index (χ1v) is 7.64. The molecule has 0 bridgehead atoms. The van der Waals surface area contributed by atoms with Crippen molar-refractivity contribution in [3.63, 3.8) is 0 Å². The van der Waals surface area contributed by atoms with Gasteiger partial charge in [-0.2, -0.15) is 0 Å². The fraction of sp³-hybridized carbons (Fsp3) is 0. The van der Waals surface area contributed by atoms with Crippen LogP contribution in [0.15, 0.2) is 121 Å². The first-order chi connectivity index (χ1) is 12.0. The first-order valence-electron chi connectivity index (χ1n) is 7.64. The quantitative estimate of drug-likeness (QED) is 0.195. The molecule has 0 fully saturated rings. The van der Waals surface area contributed by atoms with Crippen molar-refractivity contribution >= 4 is 48.9 Å². The van der Waals surface area contributed by atoms with Gasteiger partial charge >= 0.3 is 0 Å². The van der Waals surface area contributed by atoms with Crippen LogP contribution in [0, 0.1) is 24.3 Å². The summed E-state index contributed by atoms with van der Waals surface area (Å²) in [5, 5.41) is 0. The van der Waals surface area contributed by atoms with Crippen LogP contribution in [0.25, 0.3) is 0 Å². The van der Waals surface area contributed by atoms with Crippen molar-refractivity contribution < 1.29 is 20.4 Å². The average Bonchev–Trinajstić information content (AvgIpc) is 2.75. The molecular formula is C24H24F2O2Sb2-2. The van der Waals surface area contributed by atoms with Crippen LogP contribution in [0.3, 0.4) is 0 Å². The molecule has 0 aromatic heterocycles. The van der Waals surface area contributed by atoms with E-state index in [0.717, 1.165) is 0 Å². The molecule has 0 atom stereocenters. The van der Waals surface area contributed by atoms with Crippen molar-refractivity contribution in [2.45, 2.75) is 0 Å². The van der Waals surface area contributed by atoms with Crippen LogP contribution in [0.4, 0.5) is 0 Å². The molecule has 30 heavy (non-hydrogen) atoms. The van der Waals surface area contributed by atoms with Gasteiger partial charge in [0.05, 0.1) is 0 Å². The zero-order valence-corrected chi connectivity index (χ0v) is 21.3.